The molecular weight excluding hydrogens is 344 g/mol. The molecule has 0 radical (unpaired) electrons. The molecule has 7 heteroatoms. The Morgan fingerprint density at radius 1 is 1.26 bits per heavy atom. The maximum absolute atomic E-state index is 12.5. The number of hydrogen-bond donors (Lipinski definition) is 1. The first-order chi connectivity index (χ1) is 13.2. The Bertz CT molecular complexity index is 605. The van der Waals surface area contributed by atoms with Crippen LogP contribution in [0.4, 0.5) is 0 Å². The number of pyridine rings is 1. The van der Waals surface area contributed by atoms with Crippen molar-refractivity contribution in [2.75, 3.05) is 52.5 Å². The van der Waals surface area contributed by atoms with E-state index in [4.69, 9.17) is 4.74 Å². The van der Waals surface area contributed by atoms with E-state index in [0.29, 0.717) is 32.5 Å². The standard InChI is InChI=1S/C20H30N4O3/c25-19-7-6-17(16-24(19)11-10-23-12-14-27-15-13-23)20(26)22-9-3-5-18-4-1-2-8-21-18/h1-2,4,8,17H,3,5-7,9-16H2,(H,22,26). The number of carbonyl (C=O) groups is 2. The number of rotatable bonds is 8. The number of piperidine rings is 1. The van der Waals surface area contributed by atoms with Gasteiger partial charge in [-0.05, 0) is 31.4 Å². The van der Waals surface area contributed by atoms with Gasteiger partial charge in [-0.25, -0.2) is 0 Å². The number of likely N-dealkylation sites (tertiary alicyclic amines) is 1. The van der Waals surface area contributed by atoms with Crippen molar-refractivity contribution in [2.45, 2.75) is 25.7 Å². The highest BCUT2D eigenvalue weighted by Crippen LogP contribution is 2.18. The summed E-state index contributed by atoms with van der Waals surface area (Å²) >= 11 is 0. The Morgan fingerprint density at radius 3 is 2.89 bits per heavy atom. The van der Waals surface area contributed by atoms with Gasteiger partial charge in [0.25, 0.3) is 0 Å². The Hall–Kier alpha value is -1.99. The number of nitrogens with zero attached hydrogens (tertiary/aromatic N) is 3. The Balaban J connectivity index is 1.37. The minimum Gasteiger partial charge on any atom is -0.379 e. The van der Waals surface area contributed by atoms with Crippen LogP contribution in [0.5, 0.6) is 0 Å². The molecule has 2 fully saturated rings. The highest BCUT2D eigenvalue weighted by Gasteiger charge is 2.30. The van der Waals surface area contributed by atoms with Gasteiger partial charge in [-0.3, -0.25) is 19.5 Å². The highest BCUT2D eigenvalue weighted by molar-refractivity contribution is 5.83. The maximum Gasteiger partial charge on any atom is 0.224 e. The summed E-state index contributed by atoms with van der Waals surface area (Å²) in [6.07, 6.45) is 4.64. The Labute approximate surface area is 161 Å². The molecule has 1 aromatic heterocycles. The number of nitrogens with one attached hydrogen (secondary N) is 1. The van der Waals surface area contributed by atoms with Gasteiger partial charge in [0, 0.05) is 57.6 Å². The molecule has 0 aliphatic carbocycles. The first-order valence-electron chi connectivity index (χ1n) is 9.98. The molecule has 148 valence electrons. The predicted molar refractivity (Wildman–Crippen MR) is 102 cm³/mol. The number of aromatic nitrogens is 1. The van der Waals surface area contributed by atoms with Gasteiger partial charge in [0.05, 0.1) is 19.1 Å². The van der Waals surface area contributed by atoms with Crippen LogP contribution in [-0.2, 0) is 20.7 Å². The number of hydrogen-bond acceptors (Lipinski definition) is 5. The molecule has 1 aromatic rings. The quantitative estimate of drug-likeness (QED) is 0.678. The summed E-state index contributed by atoms with van der Waals surface area (Å²) in [5.41, 5.74) is 1.05. The summed E-state index contributed by atoms with van der Waals surface area (Å²) in [6.45, 7) is 6.10. The van der Waals surface area contributed by atoms with Crippen LogP contribution in [-0.4, -0.2) is 79.1 Å². The predicted octanol–water partition coefficient (Wildman–Crippen LogP) is 0.701. The van der Waals surface area contributed by atoms with Crippen molar-refractivity contribution in [3.05, 3.63) is 30.1 Å². The van der Waals surface area contributed by atoms with Gasteiger partial charge in [0.1, 0.15) is 0 Å². The summed E-state index contributed by atoms with van der Waals surface area (Å²) in [5.74, 6) is 0.143. The average molecular weight is 374 g/mol. The topological polar surface area (TPSA) is 74.8 Å². The molecule has 1 unspecified atom stereocenters. The van der Waals surface area contributed by atoms with Crippen molar-refractivity contribution in [3.8, 4) is 0 Å². The van der Waals surface area contributed by atoms with Crippen molar-refractivity contribution in [1.29, 1.82) is 0 Å². The zero-order valence-electron chi connectivity index (χ0n) is 15.9. The van der Waals surface area contributed by atoms with Crippen LogP contribution in [0.25, 0.3) is 0 Å². The lowest BCUT2D eigenvalue weighted by Crippen LogP contribution is -2.49. The summed E-state index contributed by atoms with van der Waals surface area (Å²) in [4.78, 5) is 33.1. The summed E-state index contributed by atoms with van der Waals surface area (Å²) in [5, 5.41) is 3.03. The molecule has 0 spiro atoms. The first kappa shape index (κ1) is 19.8. The van der Waals surface area contributed by atoms with Gasteiger partial charge in [0.15, 0.2) is 0 Å². The molecular formula is C20H30N4O3. The average Bonchev–Trinajstić information content (AvgIpc) is 2.72. The van der Waals surface area contributed by atoms with E-state index < -0.39 is 0 Å². The van der Waals surface area contributed by atoms with E-state index in [1.54, 1.807) is 6.20 Å². The van der Waals surface area contributed by atoms with E-state index in [0.717, 1.165) is 51.4 Å². The molecule has 1 atom stereocenters. The summed E-state index contributed by atoms with van der Waals surface area (Å²) in [6, 6.07) is 5.88. The number of aryl methyl sites for hydroxylation is 1. The largest absolute Gasteiger partial charge is 0.379 e. The van der Waals surface area contributed by atoms with Gasteiger partial charge in [0.2, 0.25) is 11.8 Å². The van der Waals surface area contributed by atoms with Crippen molar-refractivity contribution in [2.24, 2.45) is 5.92 Å². The van der Waals surface area contributed by atoms with Crippen LogP contribution in [0.1, 0.15) is 25.0 Å². The second-order valence-corrected chi connectivity index (χ2v) is 7.25. The van der Waals surface area contributed by atoms with Gasteiger partial charge >= 0.3 is 0 Å². The lowest BCUT2D eigenvalue weighted by atomic mass is 9.96. The molecule has 0 bridgehead atoms. The highest BCUT2D eigenvalue weighted by atomic mass is 16.5. The van der Waals surface area contributed by atoms with Gasteiger partial charge in [-0.15, -0.1) is 0 Å². The van der Waals surface area contributed by atoms with E-state index in [-0.39, 0.29) is 17.7 Å². The van der Waals surface area contributed by atoms with Crippen LogP contribution in [0.15, 0.2) is 24.4 Å². The van der Waals surface area contributed by atoms with E-state index in [2.05, 4.69) is 15.2 Å². The van der Waals surface area contributed by atoms with Crippen LogP contribution in [0.3, 0.4) is 0 Å². The van der Waals surface area contributed by atoms with E-state index in [1.165, 1.54) is 0 Å². The van der Waals surface area contributed by atoms with Crippen LogP contribution in [0.2, 0.25) is 0 Å². The molecule has 3 rings (SSSR count). The number of amides is 2. The van der Waals surface area contributed by atoms with Crippen molar-refractivity contribution < 1.29 is 14.3 Å². The smallest absolute Gasteiger partial charge is 0.224 e. The Kier molecular flexibility index (Phi) is 7.59. The molecule has 2 amide bonds. The first-order valence-corrected chi connectivity index (χ1v) is 9.98. The molecule has 2 aliphatic rings. The number of carbonyl (C=O) groups excluding carboxylic acids is 2. The van der Waals surface area contributed by atoms with Crippen molar-refractivity contribution in [1.82, 2.24) is 20.1 Å². The minimum atomic E-state index is -0.0951. The minimum absolute atomic E-state index is 0.0693. The van der Waals surface area contributed by atoms with Crippen molar-refractivity contribution >= 4 is 11.8 Å². The van der Waals surface area contributed by atoms with E-state index in [1.807, 2.05) is 23.1 Å². The zero-order chi connectivity index (χ0) is 18.9. The third-order valence-electron chi connectivity index (χ3n) is 5.30. The summed E-state index contributed by atoms with van der Waals surface area (Å²) in [7, 11) is 0. The molecule has 3 heterocycles. The molecule has 27 heavy (non-hydrogen) atoms. The second-order valence-electron chi connectivity index (χ2n) is 7.25. The fraction of sp³-hybridized carbons (Fsp3) is 0.650. The monoisotopic (exact) mass is 374 g/mol. The number of ether oxygens (including phenoxy) is 1. The van der Waals surface area contributed by atoms with Gasteiger partial charge in [-0.1, -0.05) is 6.07 Å². The third-order valence-corrected chi connectivity index (χ3v) is 5.30. The molecule has 7 nitrogen and oxygen atoms in total. The lowest BCUT2D eigenvalue weighted by molar-refractivity contribution is -0.138. The second kappa shape index (κ2) is 10.4. The van der Waals surface area contributed by atoms with E-state index in [9.17, 15) is 9.59 Å². The Morgan fingerprint density at radius 2 is 2.11 bits per heavy atom. The molecule has 1 N–H and O–H groups in total. The molecule has 0 aromatic carbocycles. The van der Waals surface area contributed by atoms with Gasteiger partial charge < -0.3 is 15.0 Å². The zero-order valence-corrected chi connectivity index (χ0v) is 15.9. The van der Waals surface area contributed by atoms with Crippen LogP contribution >= 0.6 is 0 Å². The SMILES string of the molecule is O=C(NCCCc1ccccn1)C1CCC(=O)N(CCN2CCOCC2)C1. The van der Waals surface area contributed by atoms with Crippen molar-refractivity contribution in [3.63, 3.8) is 0 Å². The maximum atomic E-state index is 12.5. The molecule has 2 aliphatic heterocycles. The normalized spacial score (nSPS) is 21.3. The molecule has 0 saturated carbocycles. The lowest BCUT2D eigenvalue weighted by Gasteiger charge is -2.34. The fourth-order valence-electron chi connectivity index (χ4n) is 3.60. The summed E-state index contributed by atoms with van der Waals surface area (Å²) < 4.78 is 5.36. The van der Waals surface area contributed by atoms with E-state index >= 15 is 0 Å². The van der Waals surface area contributed by atoms with Crippen LogP contribution < -0.4 is 5.32 Å². The third kappa shape index (κ3) is 6.29. The number of morpholine rings is 1. The van der Waals surface area contributed by atoms with Gasteiger partial charge in [-0.2, -0.15) is 0 Å². The van der Waals surface area contributed by atoms with Crippen LogP contribution in [0, 0.1) is 5.92 Å². The fourth-order valence-corrected chi connectivity index (χ4v) is 3.60. The molecule has 2 saturated heterocycles.